The smallest absolute Gasteiger partial charge is 0.327 e. The maximum absolute atomic E-state index is 12.0. The van der Waals surface area contributed by atoms with Crippen LogP contribution < -0.4 is 6.15 Å². The summed E-state index contributed by atoms with van der Waals surface area (Å²) in [5.41, 5.74) is 0. The number of rotatable bonds is 18. The first-order valence-corrected chi connectivity index (χ1v) is 12.8. The molecule has 0 aliphatic carbocycles. The number of ether oxygens (including phenoxy) is 2. The van der Waals surface area contributed by atoms with Gasteiger partial charge < -0.3 is 15.6 Å². The molecule has 0 saturated carbocycles. The molecule has 0 fully saturated rings. The van der Waals surface area contributed by atoms with Gasteiger partial charge in [-0.25, -0.2) is 0 Å². The van der Waals surface area contributed by atoms with E-state index in [1.165, 1.54) is 0 Å². The highest BCUT2D eigenvalue weighted by Crippen LogP contribution is 2.13. The van der Waals surface area contributed by atoms with E-state index >= 15 is 0 Å². The van der Waals surface area contributed by atoms with E-state index in [0.717, 1.165) is 51.4 Å². The van der Waals surface area contributed by atoms with Crippen molar-refractivity contribution < 1.29 is 32.0 Å². The van der Waals surface area contributed by atoms with Gasteiger partial charge in [-0.05, 0) is 24.7 Å². The van der Waals surface area contributed by atoms with Gasteiger partial charge in [-0.1, -0.05) is 79.1 Å². The minimum Gasteiger partial charge on any atom is -0.466 e. The second kappa shape index (κ2) is 18.4. The van der Waals surface area contributed by atoms with Crippen LogP contribution in [0, 0.1) is 11.8 Å². The zero-order valence-corrected chi connectivity index (χ0v) is 20.8. The number of esters is 2. The molecule has 0 aromatic heterocycles. The van der Waals surface area contributed by atoms with Crippen molar-refractivity contribution in [2.24, 2.45) is 11.8 Å². The Labute approximate surface area is 189 Å². The van der Waals surface area contributed by atoms with Crippen molar-refractivity contribution in [3.8, 4) is 0 Å². The minimum absolute atomic E-state index is 0. The van der Waals surface area contributed by atoms with Crippen molar-refractivity contribution in [1.82, 2.24) is 6.15 Å². The molecule has 0 radical (unpaired) electrons. The summed E-state index contributed by atoms with van der Waals surface area (Å²) in [4.78, 5) is 23.9. The van der Waals surface area contributed by atoms with Crippen molar-refractivity contribution in [3.05, 3.63) is 0 Å². The molecular weight excluding hydrogens is 422 g/mol. The van der Waals surface area contributed by atoms with Gasteiger partial charge >= 0.3 is 11.9 Å². The Kier molecular flexibility index (Phi) is 19.0. The number of unbranched alkanes of at least 4 members (excludes halogenated alkanes) is 6. The quantitative estimate of drug-likeness (QED) is 0.161. The molecule has 31 heavy (non-hydrogen) atoms. The Morgan fingerprint density at radius 2 is 1.16 bits per heavy atom. The zero-order valence-electron chi connectivity index (χ0n) is 19.9. The van der Waals surface area contributed by atoms with Gasteiger partial charge in [0, 0.05) is 0 Å². The molecule has 0 rings (SSSR count). The monoisotopic (exact) mass is 467 g/mol. The lowest BCUT2D eigenvalue weighted by molar-refractivity contribution is -0.150. The third-order valence-electron chi connectivity index (χ3n) is 4.83. The number of carbonyl (C=O) groups excluding carboxylic acids is 2. The van der Waals surface area contributed by atoms with Crippen LogP contribution in [0.2, 0.25) is 0 Å². The average Bonchev–Trinajstić information content (AvgIpc) is 2.62. The molecule has 4 N–H and O–H groups in total. The van der Waals surface area contributed by atoms with Crippen molar-refractivity contribution in [2.45, 2.75) is 104 Å². The van der Waals surface area contributed by atoms with Crippen molar-refractivity contribution >= 4 is 22.1 Å². The predicted octanol–water partition coefficient (Wildman–Crippen LogP) is 5.09. The fraction of sp³-hybridized carbons (Fsp3) is 0.909. The van der Waals surface area contributed by atoms with Gasteiger partial charge in [-0.2, -0.15) is 8.42 Å². The highest BCUT2D eigenvalue weighted by molar-refractivity contribution is 7.87. The van der Waals surface area contributed by atoms with Gasteiger partial charge in [0.05, 0.1) is 19.6 Å². The third kappa shape index (κ3) is 19.2. The third-order valence-corrected chi connectivity index (χ3v) is 5.91. The summed E-state index contributed by atoms with van der Waals surface area (Å²) >= 11 is 0. The molecule has 0 aliphatic heterocycles. The first kappa shape index (κ1) is 32.0. The Hall–Kier alpha value is -1.19. The molecule has 8 nitrogen and oxygen atoms in total. The van der Waals surface area contributed by atoms with E-state index in [2.05, 4.69) is 27.7 Å². The summed E-state index contributed by atoms with van der Waals surface area (Å²) < 4.78 is 42.3. The highest BCUT2D eigenvalue weighted by atomic mass is 32.2. The molecule has 0 spiro atoms. The lowest BCUT2D eigenvalue weighted by Crippen LogP contribution is -2.34. The van der Waals surface area contributed by atoms with Crippen LogP contribution in [0.15, 0.2) is 0 Å². The first-order chi connectivity index (χ1) is 14.0. The SMILES string of the molecule is CC(C)CCCCCCOC(=O)CC(C(=O)OCCCCCCC(C)C)S(=O)(=O)O.N. The summed E-state index contributed by atoms with van der Waals surface area (Å²) in [6.07, 6.45) is 8.94. The lowest BCUT2D eigenvalue weighted by Gasteiger charge is -2.13. The number of hydrogen-bond donors (Lipinski definition) is 2. The maximum Gasteiger partial charge on any atom is 0.327 e. The largest absolute Gasteiger partial charge is 0.466 e. The first-order valence-electron chi connectivity index (χ1n) is 11.3. The van der Waals surface area contributed by atoms with Crippen molar-refractivity contribution in [3.63, 3.8) is 0 Å². The van der Waals surface area contributed by atoms with Gasteiger partial charge in [-0.3, -0.25) is 14.1 Å². The number of carbonyl (C=O) groups is 2. The number of hydrogen-bond acceptors (Lipinski definition) is 7. The predicted molar refractivity (Wildman–Crippen MR) is 123 cm³/mol. The van der Waals surface area contributed by atoms with E-state index in [1.54, 1.807) is 0 Å². The van der Waals surface area contributed by atoms with Crippen LogP contribution in [0.25, 0.3) is 0 Å². The summed E-state index contributed by atoms with van der Waals surface area (Å²) in [5, 5.41) is -1.93. The van der Waals surface area contributed by atoms with Crippen LogP contribution in [0.5, 0.6) is 0 Å². The Morgan fingerprint density at radius 3 is 1.58 bits per heavy atom. The molecule has 9 heteroatoms. The molecule has 0 amide bonds. The van der Waals surface area contributed by atoms with E-state index < -0.39 is 33.7 Å². The fourth-order valence-corrected chi connectivity index (χ4v) is 3.65. The minimum atomic E-state index is -4.75. The van der Waals surface area contributed by atoms with Gasteiger partial charge in [0.15, 0.2) is 5.25 Å². The molecule has 0 saturated heterocycles. The Morgan fingerprint density at radius 1 is 0.742 bits per heavy atom. The summed E-state index contributed by atoms with van der Waals surface area (Å²) in [6, 6.07) is 0. The summed E-state index contributed by atoms with van der Waals surface area (Å²) in [7, 11) is -4.75. The van der Waals surface area contributed by atoms with Crippen molar-refractivity contribution in [2.75, 3.05) is 13.2 Å². The van der Waals surface area contributed by atoms with Gasteiger partial charge in [0.1, 0.15) is 0 Å². The Balaban J connectivity index is 0. The summed E-state index contributed by atoms with van der Waals surface area (Å²) in [6.45, 7) is 8.91. The maximum atomic E-state index is 12.0. The second-order valence-electron chi connectivity index (χ2n) is 8.79. The average molecular weight is 468 g/mol. The van der Waals surface area contributed by atoms with E-state index in [4.69, 9.17) is 9.47 Å². The van der Waals surface area contributed by atoms with Crippen LogP contribution in [0.3, 0.4) is 0 Å². The topological polar surface area (TPSA) is 142 Å². The molecule has 0 aromatic rings. The van der Waals surface area contributed by atoms with Crippen molar-refractivity contribution in [1.29, 1.82) is 0 Å². The lowest BCUT2D eigenvalue weighted by atomic mass is 10.0. The fourth-order valence-electron chi connectivity index (χ4n) is 2.99. The molecular formula is C22H45NO7S. The van der Waals surface area contributed by atoms with Gasteiger partial charge in [0.25, 0.3) is 10.1 Å². The normalized spacial score (nSPS) is 12.5. The molecule has 0 bridgehead atoms. The zero-order chi connectivity index (χ0) is 23.0. The Bertz CT molecular complexity index is 576. The van der Waals surface area contributed by atoms with E-state index in [-0.39, 0.29) is 19.4 Å². The van der Waals surface area contributed by atoms with Crippen LogP contribution in [0.1, 0.15) is 98.3 Å². The van der Waals surface area contributed by atoms with Crippen LogP contribution in [-0.4, -0.2) is 43.4 Å². The van der Waals surface area contributed by atoms with E-state index in [9.17, 15) is 22.6 Å². The highest BCUT2D eigenvalue weighted by Gasteiger charge is 2.35. The summed E-state index contributed by atoms with van der Waals surface area (Å²) in [5.74, 6) is -0.608. The molecule has 0 aliphatic rings. The van der Waals surface area contributed by atoms with Crippen LogP contribution in [-0.2, 0) is 29.2 Å². The van der Waals surface area contributed by atoms with Crippen LogP contribution >= 0.6 is 0 Å². The van der Waals surface area contributed by atoms with Crippen LogP contribution in [0.4, 0.5) is 0 Å². The van der Waals surface area contributed by atoms with E-state index in [0.29, 0.717) is 24.7 Å². The van der Waals surface area contributed by atoms with Gasteiger partial charge in [-0.15, -0.1) is 0 Å². The second-order valence-corrected chi connectivity index (χ2v) is 10.4. The molecule has 0 aromatic carbocycles. The molecule has 0 heterocycles. The molecule has 1 unspecified atom stereocenters. The van der Waals surface area contributed by atoms with Gasteiger partial charge in [0.2, 0.25) is 0 Å². The molecule has 1 atom stereocenters. The standard InChI is InChI=1S/C22H42O7S.H3N/c1-18(2)13-9-5-7-11-15-28-21(23)17-20(30(25,26)27)22(24)29-16-12-8-6-10-14-19(3)4;/h18-20H,5-17H2,1-4H3,(H,25,26,27);1H3. The van der Waals surface area contributed by atoms with E-state index in [1.807, 2.05) is 0 Å². The molecule has 186 valence electrons.